The quantitative estimate of drug-likeness (QED) is 0.698. The van der Waals surface area contributed by atoms with Crippen molar-refractivity contribution in [2.75, 3.05) is 25.0 Å². The average molecular weight is 421 g/mol. The van der Waals surface area contributed by atoms with E-state index < -0.39 is 10.0 Å². The monoisotopic (exact) mass is 420 g/mol. The highest BCUT2D eigenvalue weighted by atomic mass is 35.5. The second kappa shape index (κ2) is 9.07. The van der Waals surface area contributed by atoms with E-state index >= 15 is 0 Å². The summed E-state index contributed by atoms with van der Waals surface area (Å²) in [5.74, 6) is -0.176. The van der Waals surface area contributed by atoms with E-state index in [1.165, 1.54) is 10.4 Å². The van der Waals surface area contributed by atoms with Gasteiger partial charge in [0.15, 0.2) is 5.78 Å². The van der Waals surface area contributed by atoms with Crippen LogP contribution < -0.4 is 5.32 Å². The van der Waals surface area contributed by atoms with Crippen LogP contribution in [0.2, 0.25) is 5.02 Å². The normalized spacial score (nSPS) is 15.8. The van der Waals surface area contributed by atoms with Gasteiger partial charge in [-0.15, -0.1) is 0 Å². The van der Waals surface area contributed by atoms with Crippen molar-refractivity contribution in [2.45, 2.75) is 37.5 Å². The Kier molecular flexibility index (Phi) is 6.75. The van der Waals surface area contributed by atoms with E-state index in [2.05, 4.69) is 5.32 Å². The van der Waals surface area contributed by atoms with Gasteiger partial charge >= 0.3 is 0 Å². The van der Waals surface area contributed by atoms with Crippen molar-refractivity contribution in [3.63, 3.8) is 0 Å². The van der Waals surface area contributed by atoms with Gasteiger partial charge in [0.25, 0.3) is 0 Å². The van der Waals surface area contributed by atoms with Crippen LogP contribution in [0.5, 0.6) is 0 Å². The molecule has 1 saturated heterocycles. The predicted molar refractivity (Wildman–Crippen MR) is 113 cm³/mol. The van der Waals surface area contributed by atoms with Crippen molar-refractivity contribution in [3.8, 4) is 0 Å². The number of ketones is 1. The number of halogens is 1. The Morgan fingerprint density at radius 1 is 1.07 bits per heavy atom. The summed E-state index contributed by atoms with van der Waals surface area (Å²) < 4.78 is 27.4. The molecule has 1 aliphatic heterocycles. The number of nitrogens with one attached hydrogen (secondary N) is 1. The number of carbonyl (C=O) groups excluding carboxylic acids is 1. The molecule has 0 spiro atoms. The fourth-order valence-corrected chi connectivity index (χ4v) is 4.99. The molecule has 7 heteroatoms. The van der Waals surface area contributed by atoms with E-state index in [9.17, 15) is 13.2 Å². The Labute approximate surface area is 171 Å². The maximum Gasteiger partial charge on any atom is 0.243 e. The van der Waals surface area contributed by atoms with Gasteiger partial charge in [-0.2, -0.15) is 4.31 Å². The molecule has 2 aromatic carbocycles. The van der Waals surface area contributed by atoms with Crippen LogP contribution in [0.15, 0.2) is 47.4 Å². The zero-order valence-corrected chi connectivity index (χ0v) is 17.5. The molecule has 2 aromatic rings. The van der Waals surface area contributed by atoms with Crippen LogP contribution in [-0.2, 0) is 10.0 Å². The van der Waals surface area contributed by atoms with Crippen molar-refractivity contribution in [3.05, 3.63) is 58.6 Å². The van der Waals surface area contributed by atoms with Crippen LogP contribution in [0.4, 0.5) is 5.69 Å². The summed E-state index contributed by atoms with van der Waals surface area (Å²) in [6.45, 7) is 3.05. The summed E-state index contributed by atoms with van der Waals surface area (Å²) in [4.78, 5) is 12.8. The molecule has 1 N–H and O–H groups in total. The highest BCUT2D eigenvalue weighted by molar-refractivity contribution is 7.89. The zero-order chi connectivity index (χ0) is 20.1. The molecule has 0 amide bonds. The molecule has 0 unspecified atom stereocenters. The summed E-state index contributed by atoms with van der Waals surface area (Å²) in [5.41, 5.74) is 2.09. The highest BCUT2D eigenvalue weighted by Crippen LogP contribution is 2.22. The summed E-state index contributed by atoms with van der Waals surface area (Å²) in [6.07, 6.45) is 3.86. The largest absolute Gasteiger partial charge is 0.378 e. The second-order valence-electron chi connectivity index (χ2n) is 7.09. The molecule has 3 rings (SSSR count). The molecule has 0 saturated carbocycles. The number of carbonyl (C=O) groups is 1. The third kappa shape index (κ3) is 4.93. The van der Waals surface area contributed by atoms with Gasteiger partial charge in [0.05, 0.1) is 11.4 Å². The predicted octanol–water partition coefficient (Wildman–Crippen LogP) is 4.51. The van der Waals surface area contributed by atoms with Crippen LogP contribution >= 0.6 is 11.6 Å². The number of hydrogen-bond donors (Lipinski definition) is 1. The van der Waals surface area contributed by atoms with E-state index in [-0.39, 0.29) is 17.2 Å². The minimum Gasteiger partial charge on any atom is -0.378 e. The van der Waals surface area contributed by atoms with Crippen molar-refractivity contribution in [2.24, 2.45) is 0 Å². The standard InChI is InChI=1S/C21H25ClN2O3S/c1-16-9-10-18(14-20(16)22)23-15-21(25)17-7-6-8-19(13-17)28(26,27)24-11-4-2-3-5-12-24/h6-10,13-14,23H,2-5,11-12,15H2,1H3. The topological polar surface area (TPSA) is 66.5 Å². The number of hydrogen-bond acceptors (Lipinski definition) is 4. The van der Waals surface area contributed by atoms with Crippen LogP contribution in [-0.4, -0.2) is 38.1 Å². The van der Waals surface area contributed by atoms with Gasteiger partial charge in [-0.05, 0) is 49.6 Å². The van der Waals surface area contributed by atoms with Crippen LogP contribution in [0.3, 0.4) is 0 Å². The van der Waals surface area contributed by atoms with E-state index in [4.69, 9.17) is 11.6 Å². The van der Waals surface area contributed by atoms with Gasteiger partial charge in [-0.3, -0.25) is 4.79 Å². The van der Waals surface area contributed by atoms with E-state index in [1.807, 2.05) is 19.1 Å². The lowest BCUT2D eigenvalue weighted by atomic mass is 10.1. The molecular weight excluding hydrogens is 396 g/mol. The Morgan fingerprint density at radius 3 is 2.46 bits per heavy atom. The summed E-state index contributed by atoms with van der Waals surface area (Å²) in [6, 6.07) is 11.8. The van der Waals surface area contributed by atoms with Crippen molar-refractivity contribution in [1.82, 2.24) is 4.31 Å². The first kappa shape index (κ1) is 20.8. The number of benzene rings is 2. The highest BCUT2D eigenvalue weighted by Gasteiger charge is 2.25. The Morgan fingerprint density at radius 2 is 1.79 bits per heavy atom. The molecule has 150 valence electrons. The molecule has 1 fully saturated rings. The van der Waals surface area contributed by atoms with Crippen LogP contribution in [0.1, 0.15) is 41.6 Å². The molecule has 0 bridgehead atoms. The fraction of sp³-hybridized carbons (Fsp3) is 0.381. The summed E-state index contributed by atoms with van der Waals surface area (Å²) >= 11 is 6.11. The van der Waals surface area contributed by atoms with E-state index in [1.54, 1.807) is 24.3 Å². The van der Waals surface area contributed by atoms with Gasteiger partial charge in [-0.1, -0.05) is 42.6 Å². The summed E-state index contributed by atoms with van der Waals surface area (Å²) in [7, 11) is -3.58. The lowest BCUT2D eigenvalue weighted by Crippen LogP contribution is -2.32. The molecule has 0 radical (unpaired) electrons. The van der Waals surface area contributed by atoms with Gasteiger partial charge in [-0.25, -0.2) is 8.42 Å². The van der Waals surface area contributed by atoms with Gasteiger partial charge in [0.2, 0.25) is 10.0 Å². The fourth-order valence-electron chi connectivity index (χ4n) is 3.25. The molecule has 28 heavy (non-hydrogen) atoms. The number of aryl methyl sites for hydroxylation is 1. The first-order chi connectivity index (χ1) is 13.4. The lowest BCUT2D eigenvalue weighted by Gasteiger charge is -2.20. The van der Waals surface area contributed by atoms with Crippen molar-refractivity contribution < 1.29 is 13.2 Å². The van der Waals surface area contributed by atoms with E-state index in [0.717, 1.165) is 36.9 Å². The summed E-state index contributed by atoms with van der Waals surface area (Å²) in [5, 5.41) is 3.67. The van der Waals surface area contributed by atoms with Crippen LogP contribution in [0.25, 0.3) is 0 Å². The molecule has 0 atom stereocenters. The Hall–Kier alpha value is -1.89. The third-order valence-electron chi connectivity index (χ3n) is 4.98. The lowest BCUT2D eigenvalue weighted by molar-refractivity contribution is 0.101. The minimum atomic E-state index is -3.58. The molecule has 5 nitrogen and oxygen atoms in total. The Bertz CT molecular complexity index is 952. The third-order valence-corrected chi connectivity index (χ3v) is 7.29. The number of anilines is 1. The maximum atomic E-state index is 12.9. The smallest absolute Gasteiger partial charge is 0.243 e. The van der Waals surface area contributed by atoms with Crippen molar-refractivity contribution >= 4 is 33.1 Å². The minimum absolute atomic E-state index is 0.0621. The number of nitrogens with zero attached hydrogens (tertiary/aromatic N) is 1. The first-order valence-corrected chi connectivity index (χ1v) is 11.3. The average Bonchev–Trinajstić information content (AvgIpc) is 2.99. The number of rotatable bonds is 6. The zero-order valence-electron chi connectivity index (χ0n) is 15.9. The molecule has 1 aliphatic rings. The number of Topliss-reactive ketones (excluding diaryl/α,β-unsaturated/α-hetero) is 1. The van der Waals surface area contributed by atoms with Crippen LogP contribution in [0, 0.1) is 6.92 Å². The molecule has 1 heterocycles. The van der Waals surface area contributed by atoms with Gasteiger partial charge in [0, 0.05) is 29.4 Å². The number of sulfonamides is 1. The SMILES string of the molecule is Cc1ccc(NCC(=O)c2cccc(S(=O)(=O)N3CCCCCC3)c2)cc1Cl. The second-order valence-corrected chi connectivity index (χ2v) is 9.43. The molecule has 0 aromatic heterocycles. The molecular formula is C21H25ClN2O3S. The first-order valence-electron chi connectivity index (χ1n) is 9.51. The van der Waals surface area contributed by atoms with E-state index in [0.29, 0.717) is 23.7 Å². The maximum absolute atomic E-state index is 12.9. The van der Waals surface area contributed by atoms with Crippen molar-refractivity contribution in [1.29, 1.82) is 0 Å². The Balaban J connectivity index is 1.72. The molecule has 0 aliphatic carbocycles. The van der Waals surface area contributed by atoms with Gasteiger partial charge in [0.1, 0.15) is 0 Å². The van der Waals surface area contributed by atoms with Gasteiger partial charge < -0.3 is 5.32 Å².